The van der Waals surface area contributed by atoms with Crippen molar-refractivity contribution in [1.82, 2.24) is 9.47 Å². The molecule has 2 heterocycles. The number of methoxy groups -OCH3 is 1. The minimum Gasteiger partial charge on any atom is -0.385 e. The van der Waals surface area contributed by atoms with Gasteiger partial charge in [0, 0.05) is 44.3 Å². The van der Waals surface area contributed by atoms with Crippen molar-refractivity contribution in [3.63, 3.8) is 0 Å². The summed E-state index contributed by atoms with van der Waals surface area (Å²) in [5.41, 5.74) is 2.25. The Balaban J connectivity index is 1.77. The van der Waals surface area contributed by atoms with Crippen LogP contribution < -0.4 is 0 Å². The highest BCUT2D eigenvalue weighted by Crippen LogP contribution is 2.24. The van der Waals surface area contributed by atoms with E-state index in [1.54, 1.807) is 7.11 Å². The number of aromatic nitrogens is 1. The van der Waals surface area contributed by atoms with E-state index in [-0.39, 0.29) is 5.91 Å². The highest BCUT2D eigenvalue weighted by atomic mass is 16.5. The highest BCUT2D eigenvalue weighted by molar-refractivity contribution is 5.93. The molecule has 0 spiro atoms. The average molecular weight is 288 g/mol. The van der Waals surface area contributed by atoms with Crippen LogP contribution in [0.1, 0.15) is 31.4 Å². The number of hydrogen-bond acceptors (Lipinski definition) is 2. The van der Waals surface area contributed by atoms with E-state index in [1.165, 1.54) is 5.69 Å². The maximum Gasteiger partial charge on any atom is 0.249 e. The summed E-state index contributed by atoms with van der Waals surface area (Å²) in [6.45, 7) is 3.30. The van der Waals surface area contributed by atoms with Crippen molar-refractivity contribution in [1.29, 1.82) is 0 Å². The molecule has 0 saturated heterocycles. The SMILES string of the molecule is COCCC1CN(C(=O)C2=CCCC2)Cc2cccn2C1. The Morgan fingerprint density at radius 2 is 2.33 bits per heavy atom. The summed E-state index contributed by atoms with van der Waals surface area (Å²) in [7, 11) is 1.74. The second kappa shape index (κ2) is 6.48. The molecule has 1 aliphatic heterocycles. The van der Waals surface area contributed by atoms with Gasteiger partial charge in [0.05, 0.1) is 6.54 Å². The molecule has 1 amide bonds. The van der Waals surface area contributed by atoms with Crippen molar-refractivity contribution in [3.05, 3.63) is 35.7 Å². The number of allylic oxidation sites excluding steroid dienone is 1. The fourth-order valence-corrected chi connectivity index (χ4v) is 3.37. The van der Waals surface area contributed by atoms with Gasteiger partial charge in [-0.25, -0.2) is 0 Å². The van der Waals surface area contributed by atoms with Crippen molar-refractivity contribution in [2.24, 2.45) is 5.92 Å². The zero-order chi connectivity index (χ0) is 14.7. The maximum atomic E-state index is 12.7. The van der Waals surface area contributed by atoms with Crippen molar-refractivity contribution in [2.75, 3.05) is 20.3 Å². The van der Waals surface area contributed by atoms with Crippen molar-refractivity contribution < 1.29 is 9.53 Å². The van der Waals surface area contributed by atoms with Gasteiger partial charge in [-0.1, -0.05) is 6.08 Å². The third kappa shape index (κ3) is 3.21. The van der Waals surface area contributed by atoms with E-state index in [2.05, 4.69) is 29.0 Å². The minimum absolute atomic E-state index is 0.240. The van der Waals surface area contributed by atoms with E-state index in [0.29, 0.717) is 5.92 Å². The van der Waals surface area contributed by atoms with Crippen LogP contribution in [0.25, 0.3) is 0 Å². The van der Waals surface area contributed by atoms with Crippen LogP contribution in [0.3, 0.4) is 0 Å². The summed E-state index contributed by atoms with van der Waals surface area (Å²) >= 11 is 0. The average Bonchev–Trinajstić information content (AvgIpc) is 3.13. The Kier molecular flexibility index (Phi) is 4.44. The van der Waals surface area contributed by atoms with Gasteiger partial charge in [-0.05, 0) is 43.7 Å². The van der Waals surface area contributed by atoms with E-state index in [1.807, 2.05) is 4.90 Å². The van der Waals surface area contributed by atoms with Gasteiger partial charge in [0.1, 0.15) is 0 Å². The Morgan fingerprint density at radius 3 is 3.10 bits per heavy atom. The second-order valence-electron chi connectivity index (χ2n) is 6.11. The van der Waals surface area contributed by atoms with Crippen LogP contribution in [0.15, 0.2) is 30.0 Å². The van der Waals surface area contributed by atoms with Gasteiger partial charge < -0.3 is 14.2 Å². The molecule has 0 bridgehead atoms. The number of amides is 1. The molecule has 4 heteroatoms. The molecular weight excluding hydrogens is 264 g/mol. The molecule has 0 fully saturated rings. The maximum absolute atomic E-state index is 12.7. The molecule has 1 unspecified atom stereocenters. The zero-order valence-electron chi connectivity index (χ0n) is 12.8. The summed E-state index contributed by atoms with van der Waals surface area (Å²) < 4.78 is 7.51. The number of rotatable bonds is 4. The molecule has 114 valence electrons. The molecule has 0 N–H and O–H groups in total. The lowest BCUT2D eigenvalue weighted by Crippen LogP contribution is -2.35. The third-order valence-corrected chi connectivity index (χ3v) is 4.54. The van der Waals surface area contributed by atoms with Crippen LogP contribution in [-0.4, -0.2) is 35.6 Å². The van der Waals surface area contributed by atoms with Gasteiger partial charge >= 0.3 is 0 Å². The monoisotopic (exact) mass is 288 g/mol. The van der Waals surface area contributed by atoms with Crippen molar-refractivity contribution in [2.45, 2.75) is 38.8 Å². The number of hydrogen-bond donors (Lipinski definition) is 0. The lowest BCUT2D eigenvalue weighted by Gasteiger charge is -2.24. The van der Waals surface area contributed by atoms with Crippen LogP contribution in [0, 0.1) is 5.92 Å². The third-order valence-electron chi connectivity index (χ3n) is 4.54. The van der Waals surface area contributed by atoms with E-state index in [9.17, 15) is 4.79 Å². The molecule has 3 rings (SSSR count). The van der Waals surface area contributed by atoms with Gasteiger partial charge in [-0.15, -0.1) is 0 Å². The summed E-state index contributed by atoms with van der Waals surface area (Å²) in [6, 6.07) is 4.20. The first-order valence-electron chi connectivity index (χ1n) is 7.89. The number of ether oxygens (including phenoxy) is 1. The summed E-state index contributed by atoms with van der Waals surface area (Å²) in [5.74, 6) is 0.703. The second-order valence-corrected chi connectivity index (χ2v) is 6.11. The number of carbonyl (C=O) groups is 1. The summed E-state index contributed by atoms with van der Waals surface area (Å²) in [4.78, 5) is 14.8. The number of fused-ring (bicyclic) bond motifs is 1. The topological polar surface area (TPSA) is 34.5 Å². The van der Waals surface area contributed by atoms with E-state index >= 15 is 0 Å². The van der Waals surface area contributed by atoms with Crippen LogP contribution >= 0.6 is 0 Å². The number of nitrogens with zero attached hydrogens (tertiary/aromatic N) is 2. The van der Waals surface area contributed by atoms with Gasteiger partial charge in [0.2, 0.25) is 5.91 Å². The highest BCUT2D eigenvalue weighted by Gasteiger charge is 2.27. The largest absolute Gasteiger partial charge is 0.385 e. The minimum atomic E-state index is 0.240. The van der Waals surface area contributed by atoms with Crippen molar-refractivity contribution in [3.8, 4) is 0 Å². The van der Waals surface area contributed by atoms with Crippen LogP contribution in [0.5, 0.6) is 0 Å². The first-order valence-corrected chi connectivity index (χ1v) is 7.89. The molecule has 4 nitrogen and oxygen atoms in total. The first kappa shape index (κ1) is 14.4. The standard InChI is InChI=1S/C17H24N2O2/c1-21-10-8-14-11-18-9-4-7-16(18)13-19(12-14)17(20)15-5-2-3-6-15/h4-5,7,9,14H,2-3,6,8,10-13H2,1H3. The molecule has 2 aliphatic rings. The normalized spacial score (nSPS) is 21.9. The summed E-state index contributed by atoms with van der Waals surface area (Å²) in [5, 5.41) is 0. The lowest BCUT2D eigenvalue weighted by atomic mass is 10.0. The van der Waals surface area contributed by atoms with E-state index < -0.39 is 0 Å². The molecule has 21 heavy (non-hydrogen) atoms. The van der Waals surface area contributed by atoms with Gasteiger partial charge in [0.25, 0.3) is 0 Å². The Hall–Kier alpha value is -1.55. The van der Waals surface area contributed by atoms with Crippen LogP contribution in [0.2, 0.25) is 0 Å². The van der Waals surface area contributed by atoms with E-state index in [4.69, 9.17) is 4.74 Å². The molecule has 0 aromatic carbocycles. The predicted octanol–water partition coefficient (Wildman–Crippen LogP) is 2.59. The molecule has 0 radical (unpaired) electrons. The fourth-order valence-electron chi connectivity index (χ4n) is 3.37. The molecule has 0 saturated carbocycles. The van der Waals surface area contributed by atoms with Crippen LogP contribution in [-0.2, 0) is 22.6 Å². The van der Waals surface area contributed by atoms with Crippen LogP contribution in [0.4, 0.5) is 0 Å². The Labute approximate surface area is 126 Å². The molecule has 1 atom stereocenters. The Morgan fingerprint density at radius 1 is 1.43 bits per heavy atom. The van der Waals surface area contributed by atoms with E-state index in [0.717, 1.165) is 57.5 Å². The number of carbonyl (C=O) groups excluding carboxylic acids is 1. The molecule has 1 aromatic heterocycles. The fraction of sp³-hybridized carbons (Fsp3) is 0.588. The zero-order valence-corrected chi connectivity index (χ0v) is 12.8. The molecular formula is C17H24N2O2. The first-order chi connectivity index (χ1) is 10.3. The predicted molar refractivity (Wildman–Crippen MR) is 81.8 cm³/mol. The van der Waals surface area contributed by atoms with Gasteiger partial charge in [-0.3, -0.25) is 4.79 Å². The lowest BCUT2D eigenvalue weighted by molar-refractivity contribution is -0.128. The quantitative estimate of drug-likeness (QED) is 0.853. The summed E-state index contributed by atoms with van der Waals surface area (Å²) in [6.07, 6.45) is 8.36. The molecule has 1 aromatic rings. The molecule has 1 aliphatic carbocycles. The van der Waals surface area contributed by atoms with Gasteiger partial charge in [0.15, 0.2) is 0 Å². The van der Waals surface area contributed by atoms with Gasteiger partial charge in [-0.2, -0.15) is 0 Å². The van der Waals surface area contributed by atoms with Crippen molar-refractivity contribution >= 4 is 5.91 Å². The Bertz CT molecular complexity index is 533. The smallest absolute Gasteiger partial charge is 0.249 e.